The third kappa shape index (κ3) is 4.42. The van der Waals surface area contributed by atoms with Crippen molar-refractivity contribution in [2.45, 2.75) is 19.7 Å². The van der Waals surface area contributed by atoms with E-state index in [0.29, 0.717) is 6.07 Å². The second-order valence-corrected chi connectivity index (χ2v) is 4.31. The zero-order valence-electron chi connectivity index (χ0n) is 9.80. The van der Waals surface area contributed by atoms with Crippen molar-refractivity contribution in [3.63, 3.8) is 0 Å². The Morgan fingerprint density at radius 3 is 2.50 bits per heavy atom. The number of carbonyl (C=O) groups is 1. The Kier molecular flexibility index (Phi) is 5.48. The van der Waals surface area contributed by atoms with Gasteiger partial charge in [0.15, 0.2) is 0 Å². The van der Waals surface area contributed by atoms with Crippen LogP contribution in [0.5, 0.6) is 5.88 Å². The minimum Gasteiger partial charge on any atom is -0.462 e. The smallest absolute Gasteiger partial charge is 0.462 e. The van der Waals surface area contributed by atoms with Gasteiger partial charge in [-0.3, -0.25) is 0 Å². The molecule has 1 rings (SSSR count). The molecule has 0 unspecified atom stereocenters. The molecule has 0 aliphatic rings. The molecule has 0 atom stereocenters. The fraction of sp³-hybridized carbons (Fsp3) is 0.400. The minimum atomic E-state index is -5.07. The maximum absolute atomic E-state index is 12.8. The van der Waals surface area contributed by atoms with E-state index in [1.807, 2.05) is 0 Å². The van der Waals surface area contributed by atoms with Gasteiger partial charge < -0.3 is 9.47 Å². The van der Waals surface area contributed by atoms with Gasteiger partial charge in [-0.25, -0.2) is 18.6 Å². The predicted molar refractivity (Wildman–Crippen MR) is 64.6 cm³/mol. The third-order valence-electron chi connectivity index (χ3n) is 1.92. The zero-order valence-corrected chi connectivity index (χ0v) is 12.0. The molecule has 4 nitrogen and oxygen atoms in total. The molecule has 0 saturated heterocycles. The molecule has 0 bridgehead atoms. The van der Waals surface area contributed by atoms with Gasteiger partial charge in [0.25, 0.3) is 6.43 Å². The Balaban J connectivity index is 3.29. The quantitative estimate of drug-likeness (QED) is 0.328. The van der Waals surface area contributed by atoms with E-state index in [0.717, 1.165) is 0 Å². The average molecular weight is 411 g/mol. The van der Waals surface area contributed by atoms with Gasteiger partial charge in [-0.15, -0.1) is 13.2 Å². The van der Waals surface area contributed by atoms with Crippen molar-refractivity contribution in [1.82, 2.24) is 4.98 Å². The molecule has 0 spiro atoms. The van der Waals surface area contributed by atoms with E-state index in [4.69, 9.17) is 0 Å². The normalized spacial score (nSPS) is 11.6. The predicted octanol–water partition coefficient (Wildman–Crippen LogP) is 3.70. The van der Waals surface area contributed by atoms with Crippen LogP contribution in [0.3, 0.4) is 0 Å². The highest BCUT2D eigenvalue weighted by molar-refractivity contribution is 14.1. The van der Waals surface area contributed by atoms with Crippen LogP contribution in [-0.2, 0) is 4.74 Å². The van der Waals surface area contributed by atoms with Crippen LogP contribution in [0.1, 0.15) is 29.3 Å². The molecule has 1 heterocycles. The minimum absolute atomic E-state index is 0.0710. The fourth-order valence-electron chi connectivity index (χ4n) is 1.26. The third-order valence-corrected chi connectivity index (χ3v) is 2.70. The van der Waals surface area contributed by atoms with E-state index >= 15 is 0 Å². The monoisotopic (exact) mass is 411 g/mol. The molecule has 20 heavy (non-hydrogen) atoms. The van der Waals surface area contributed by atoms with Gasteiger partial charge in [0.1, 0.15) is 9.26 Å². The highest BCUT2D eigenvalue weighted by Crippen LogP contribution is 2.31. The van der Waals surface area contributed by atoms with Crippen molar-refractivity contribution in [2.24, 2.45) is 0 Å². The van der Waals surface area contributed by atoms with Crippen LogP contribution in [0.15, 0.2) is 6.07 Å². The molecule has 0 saturated carbocycles. The van der Waals surface area contributed by atoms with E-state index in [2.05, 4.69) is 14.5 Å². The number of esters is 1. The number of halogens is 6. The maximum atomic E-state index is 12.8. The summed E-state index contributed by atoms with van der Waals surface area (Å²) in [4.78, 5) is 14.8. The van der Waals surface area contributed by atoms with Crippen LogP contribution in [0.4, 0.5) is 22.0 Å². The number of hydrogen-bond acceptors (Lipinski definition) is 4. The van der Waals surface area contributed by atoms with Gasteiger partial charge >= 0.3 is 12.3 Å². The molecule has 0 aliphatic carbocycles. The van der Waals surface area contributed by atoms with E-state index in [1.165, 1.54) is 29.5 Å². The van der Waals surface area contributed by atoms with Gasteiger partial charge in [-0.1, -0.05) is 0 Å². The molecule has 112 valence electrons. The van der Waals surface area contributed by atoms with Crippen LogP contribution in [0.25, 0.3) is 0 Å². The van der Waals surface area contributed by atoms with E-state index in [1.54, 1.807) is 0 Å². The van der Waals surface area contributed by atoms with Crippen molar-refractivity contribution in [2.75, 3.05) is 6.61 Å². The van der Waals surface area contributed by atoms with Gasteiger partial charge in [0, 0.05) is 11.6 Å². The summed E-state index contributed by atoms with van der Waals surface area (Å²) in [6.07, 6.45) is -8.25. The van der Waals surface area contributed by atoms with Gasteiger partial charge in [-0.2, -0.15) is 0 Å². The van der Waals surface area contributed by atoms with Crippen LogP contribution in [0, 0.1) is 3.70 Å². The first-order chi connectivity index (χ1) is 9.15. The summed E-state index contributed by atoms with van der Waals surface area (Å²) in [5.41, 5.74) is -1.50. The lowest BCUT2D eigenvalue weighted by molar-refractivity contribution is -0.276. The van der Waals surface area contributed by atoms with Crippen LogP contribution in [-0.4, -0.2) is 23.9 Å². The molecule has 0 aliphatic heterocycles. The first-order valence-electron chi connectivity index (χ1n) is 5.07. The van der Waals surface area contributed by atoms with Gasteiger partial charge in [-0.05, 0) is 29.5 Å². The Morgan fingerprint density at radius 2 is 2.05 bits per heavy atom. The Bertz CT molecular complexity index is 506. The number of alkyl halides is 5. The van der Waals surface area contributed by atoms with Crippen molar-refractivity contribution >= 4 is 28.6 Å². The number of hydrogen-bond donors (Lipinski definition) is 0. The van der Waals surface area contributed by atoms with E-state index < -0.39 is 35.8 Å². The number of carbonyl (C=O) groups excluding carboxylic acids is 1. The summed E-state index contributed by atoms with van der Waals surface area (Å²) < 4.78 is 69.5. The highest BCUT2D eigenvalue weighted by atomic mass is 127. The van der Waals surface area contributed by atoms with Crippen LogP contribution < -0.4 is 4.74 Å². The lowest BCUT2D eigenvalue weighted by atomic mass is 10.1. The molecule has 0 N–H and O–H groups in total. The van der Waals surface area contributed by atoms with Gasteiger partial charge in [0.05, 0.1) is 6.61 Å². The fourth-order valence-corrected chi connectivity index (χ4v) is 2.03. The molecular weight excluding hydrogens is 404 g/mol. The number of ether oxygens (including phenoxy) is 2. The molecule has 0 fully saturated rings. The lowest BCUT2D eigenvalue weighted by Crippen LogP contribution is -2.20. The number of aromatic nitrogens is 1. The molecule has 0 amide bonds. The van der Waals surface area contributed by atoms with Crippen molar-refractivity contribution in [1.29, 1.82) is 0 Å². The molecule has 0 radical (unpaired) electrons. The summed E-state index contributed by atoms with van der Waals surface area (Å²) in [6.45, 7) is 1.39. The van der Waals surface area contributed by atoms with E-state index in [9.17, 15) is 26.7 Å². The average Bonchev–Trinajstić information content (AvgIpc) is 2.25. The molecular formula is C10H7F5INO3. The maximum Gasteiger partial charge on any atom is 0.574 e. The second kappa shape index (κ2) is 6.50. The second-order valence-electron chi connectivity index (χ2n) is 3.28. The molecule has 0 aromatic carbocycles. The van der Waals surface area contributed by atoms with Gasteiger partial charge in [0.2, 0.25) is 5.88 Å². The lowest BCUT2D eigenvalue weighted by Gasteiger charge is -2.13. The Morgan fingerprint density at radius 1 is 1.45 bits per heavy atom. The first kappa shape index (κ1) is 16.9. The summed E-state index contributed by atoms with van der Waals surface area (Å²) in [5, 5.41) is 0. The first-order valence-corrected chi connectivity index (χ1v) is 6.15. The Labute approximate surface area is 123 Å². The standard InChI is InChI=1S/C10H7F5INO3/c1-2-19-9(18)6-4(7(11)12)3-5(17-8(6)16)20-10(13,14)15/h3,7H,2H2,1H3. The van der Waals surface area contributed by atoms with Crippen molar-refractivity contribution < 1.29 is 36.2 Å². The molecule has 1 aromatic rings. The van der Waals surface area contributed by atoms with E-state index in [-0.39, 0.29) is 10.3 Å². The molecule has 1 aromatic heterocycles. The van der Waals surface area contributed by atoms with Crippen LogP contribution in [0.2, 0.25) is 0 Å². The van der Waals surface area contributed by atoms with Crippen molar-refractivity contribution in [3.05, 3.63) is 20.9 Å². The topological polar surface area (TPSA) is 48.4 Å². The van der Waals surface area contributed by atoms with Crippen LogP contribution >= 0.6 is 22.6 Å². The number of nitrogens with zero attached hydrogens (tertiary/aromatic N) is 1. The number of rotatable bonds is 4. The zero-order chi connectivity index (χ0) is 15.5. The SMILES string of the molecule is CCOC(=O)c1c(C(F)F)cc(OC(F)(F)F)nc1I. The summed E-state index contributed by atoms with van der Waals surface area (Å²) >= 11 is 1.36. The largest absolute Gasteiger partial charge is 0.574 e. The van der Waals surface area contributed by atoms with Crippen molar-refractivity contribution in [3.8, 4) is 5.88 Å². The Hall–Kier alpha value is -1.20. The summed E-state index contributed by atoms with van der Waals surface area (Å²) in [7, 11) is 0. The highest BCUT2D eigenvalue weighted by Gasteiger charge is 2.33. The summed E-state index contributed by atoms with van der Waals surface area (Å²) in [6, 6.07) is 0.368. The number of pyridine rings is 1. The summed E-state index contributed by atoms with van der Waals surface area (Å²) in [5.74, 6) is -2.15. The molecule has 10 heteroatoms.